The number of anilines is 1. The largest absolute Gasteiger partial charge is 0.508 e. The monoisotopic (exact) mass is 926 g/mol. The SMILES string of the molecule is CC/N=c1\ccc2c(-c3ccc(C(=O)NC/C=C/C=C/C(=O)NCc4c5oc6cc(O)ccc6c(-c6ccc(C(=O)O)cc6C(=O)O)c-5ccc4=O)cc3C(=O)O)c3ccc(N(C)C)cc3oc-2c1. The Morgan fingerprint density at radius 2 is 1.30 bits per heavy atom. The number of carboxylic acids is 3. The molecule has 0 atom stereocenters. The van der Waals surface area contributed by atoms with Crippen LogP contribution in [0.25, 0.3) is 66.8 Å². The smallest absolute Gasteiger partial charge is 0.336 e. The number of phenolic OH excluding ortho intramolecular Hbond substituents is 1. The van der Waals surface area contributed by atoms with Gasteiger partial charge in [0, 0.05) is 95.7 Å². The van der Waals surface area contributed by atoms with E-state index in [1.54, 1.807) is 18.2 Å². The van der Waals surface area contributed by atoms with Crippen LogP contribution in [0.1, 0.15) is 53.9 Å². The Bertz CT molecular complexity index is 3550. The summed E-state index contributed by atoms with van der Waals surface area (Å²) >= 11 is 0. The van der Waals surface area contributed by atoms with Crippen LogP contribution in [0.5, 0.6) is 5.75 Å². The molecule has 0 saturated heterocycles. The van der Waals surface area contributed by atoms with Crippen molar-refractivity contribution in [2.75, 3.05) is 32.1 Å². The second-order valence-electron chi connectivity index (χ2n) is 15.9. The van der Waals surface area contributed by atoms with Gasteiger partial charge in [0.1, 0.15) is 28.4 Å². The van der Waals surface area contributed by atoms with Crippen molar-refractivity contribution in [1.82, 2.24) is 10.6 Å². The standard InChI is InChI=1S/C53H42N4O12/c1-4-54-30-11-16-35-43(24-30)68-44-25-31(57(2)3)12-17-36(44)47(35)33-14-9-28(22-39(33)52(64)65)50(61)55-21-7-5-6-8-46(60)56-27-41-42(59)20-19-38-48(37-18-13-32(58)26-45(37)69-49(38)41)34-15-10-29(51(62)63)23-40(34)53(66)67/h5-20,22-26,58H,4,21,27H2,1-3H3,(H,55,61)(H,56,60)(H,62,63)(H,64,65)(H,66,67)/b7-5+,8-6+,54-30+. The van der Waals surface area contributed by atoms with Gasteiger partial charge in [-0.05, 0) is 90.8 Å². The molecule has 0 unspecified atom stereocenters. The predicted molar refractivity (Wildman–Crippen MR) is 258 cm³/mol. The number of benzene rings is 6. The Morgan fingerprint density at radius 3 is 1.99 bits per heavy atom. The summed E-state index contributed by atoms with van der Waals surface area (Å²) in [6.07, 6.45) is 5.68. The number of aromatic carboxylic acids is 3. The second-order valence-corrected chi connectivity index (χ2v) is 15.9. The fraction of sp³-hybridized carbons (Fsp3) is 0.113. The molecule has 8 rings (SSSR count). The van der Waals surface area contributed by atoms with Gasteiger partial charge in [-0.2, -0.15) is 0 Å². The van der Waals surface area contributed by atoms with Crippen molar-refractivity contribution in [3.63, 3.8) is 0 Å². The minimum atomic E-state index is -1.40. The number of hydrogen-bond donors (Lipinski definition) is 6. The maximum absolute atomic E-state index is 13.3. The topological polar surface area (TPSA) is 249 Å². The Labute approximate surface area is 392 Å². The van der Waals surface area contributed by atoms with E-state index < -0.39 is 35.2 Å². The molecule has 69 heavy (non-hydrogen) atoms. The number of rotatable bonds is 14. The number of allylic oxidation sites excluding steroid dienone is 2. The molecule has 4 aromatic rings. The van der Waals surface area contributed by atoms with E-state index in [4.69, 9.17) is 8.83 Å². The normalized spacial score (nSPS) is 11.8. The van der Waals surface area contributed by atoms with Crippen LogP contribution in [-0.2, 0) is 11.3 Å². The molecule has 0 bridgehead atoms. The molecule has 4 aromatic carbocycles. The van der Waals surface area contributed by atoms with E-state index in [1.807, 2.05) is 62.3 Å². The third-order valence-electron chi connectivity index (χ3n) is 11.3. The third kappa shape index (κ3) is 9.40. The highest BCUT2D eigenvalue weighted by Crippen LogP contribution is 2.44. The summed E-state index contributed by atoms with van der Waals surface area (Å²) in [5.74, 6) is -4.73. The van der Waals surface area contributed by atoms with Crippen LogP contribution in [0, 0.1) is 0 Å². The molecular formula is C53H42N4O12. The quantitative estimate of drug-likeness (QED) is 0.0344. The summed E-state index contributed by atoms with van der Waals surface area (Å²) in [4.78, 5) is 82.8. The van der Waals surface area contributed by atoms with Crippen LogP contribution in [0.2, 0.25) is 0 Å². The molecule has 2 aliphatic carbocycles. The van der Waals surface area contributed by atoms with E-state index in [0.29, 0.717) is 61.8 Å². The van der Waals surface area contributed by atoms with Crippen molar-refractivity contribution < 1.29 is 53.2 Å². The first kappa shape index (κ1) is 46.2. The van der Waals surface area contributed by atoms with Gasteiger partial charge in [-0.3, -0.25) is 19.4 Å². The highest BCUT2D eigenvalue weighted by molar-refractivity contribution is 6.11. The fourth-order valence-corrected chi connectivity index (χ4v) is 8.08. The number of nitrogens with zero attached hydrogens (tertiary/aromatic N) is 2. The molecule has 0 fully saturated rings. The lowest BCUT2D eigenvalue weighted by Gasteiger charge is -2.19. The van der Waals surface area contributed by atoms with E-state index in [1.165, 1.54) is 66.8 Å². The van der Waals surface area contributed by atoms with Crippen molar-refractivity contribution in [2.24, 2.45) is 4.99 Å². The summed E-state index contributed by atoms with van der Waals surface area (Å²) in [5, 5.41) is 47.5. The van der Waals surface area contributed by atoms with Crippen molar-refractivity contribution >= 4 is 57.3 Å². The van der Waals surface area contributed by atoms with Gasteiger partial charge in [0.2, 0.25) is 5.91 Å². The van der Waals surface area contributed by atoms with Crippen molar-refractivity contribution in [3.8, 4) is 50.7 Å². The molecular weight excluding hydrogens is 885 g/mol. The molecule has 346 valence electrons. The van der Waals surface area contributed by atoms with Crippen molar-refractivity contribution in [3.05, 3.63) is 171 Å². The van der Waals surface area contributed by atoms with E-state index in [9.17, 15) is 49.2 Å². The molecule has 0 saturated carbocycles. The van der Waals surface area contributed by atoms with Gasteiger partial charge in [0.05, 0.1) is 34.2 Å². The van der Waals surface area contributed by atoms with Gasteiger partial charge < -0.3 is 44.8 Å². The van der Waals surface area contributed by atoms with Crippen LogP contribution in [-0.4, -0.2) is 77.3 Å². The Morgan fingerprint density at radius 1 is 0.667 bits per heavy atom. The van der Waals surface area contributed by atoms with Crippen LogP contribution < -0.4 is 26.3 Å². The molecule has 4 aliphatic rings. The number of amides is 2. The zero-order valence-electron chi connectivity index (χ0n) is 37.2. The summed E-state index contributed by atoms with van der Waals surface area (Å²) in [6, 6.07) is 26.2. The summed E-state index contributed by atoms with van der Waals surface area (Å²) in [7, 11) is 3.81. The predicted octanol–water partition coefficient (Wildman–Crippen LogP) is 8.03. The molecule has 0 radical (unpaired) electrons. The van der Waals surface area contributed by atoms with E-state index in [0.717, 1.165) is 11.8 Å². The van der Waals surface area contributed by atoms with E-state index >= 15 is 0 Å². The number of fused-ring (bicyclic) bond motifs is 4. The van der Waals surface area contributed by atoms with Gasteiger partial charge in [-0.15, -0.1) is 0 Å². The molecule has 16 nitrogen and oxygen atoms in total. The molecule has 6 N–H and O–H groups in total. The zero-order valence-corrected chi connectivity index (χ0v) is 37.2. The number of aromatic hydroxyl groups is 1. The Kier molecular flexibility index (Phi) is 12.9. The number of phenols is 1. The van der Waals surface area contributed by atoms with Crippen LogP contribution >= 0.6 is 0 Å². The molecule has 2 amide bonds. The minimum Gasteiger partial charge on any atom is -0.508 e. The minimum absolute atomic E-state index is 0.00792. The number of carbonyl (C=O) groups excluding carboxylic acids is 2. The van der Waals surface area contributed by atoms with Gasteiger partial charge >= 0.3 is 17.9 Å². The third-order valence-corrected chi connectivity index (χ3v) is 11.3. The lowest BCUT2D eigenvalue weighted by molar-refractivity contribution is -0.116. The van der Waals surface area contributed by atoms with Crippen LogP contribution in [0.3, 0.4) is 0 Å². The lowest BCUT2D eigenvalue weighted by atomic mass is 9.88. The molecule has 0 aromatic heterocycles. The number of carboxylic acid groups (broad SMARTS) is 3. The van der Waals surface area contributed by atoms with Gasteiger partial charge in [0.25, 0.3) is 5.91 Å². The highest BCUT2D eigenvalue weighted by Gasteiger charge is 2.27. The number of nitrogens with one attached hydrogen (secondary N) is 2. The Hall–Kier alpha value is -9.31. The van der Waals surface area contributed by atoms with Crippen molar-refractivity contribution in [2.45, 2.75) is 13.5 Å². The first-order valence-corrected chi connectivity index (χ1v) is 21.4. The van der Waals surface area contributed by atoms with Gasteiger partial charge in [0.15, 0.2) is 5.43 Å². The maximum Gasteiger partial charge on any atom is 0.336 e. The summed E-state index contributed by atoms with van der Waals surface area (Å²) < 4.78 is 12.5. The zero-order chi connectivity index (χ0) is 49.1. The first-order valence-electron chi connectivity index (χ1n) is 21.4. The van der Waals surface area contributed by atoms with E-state index in [-0.39, 0.29) is 63.6 Å². The summed E-state index contributed by atoms with van der Waals surface area (Å²) in [6.45, 7) is 2.20. The van der Waals surface area contributed by atoms with Crippen LogP contribution in [0.15, 0.2) is 146 Å². The lowest BCUT2D eigenvalue weighted by Crippen LogP contribution is -2.25. The molecule has 2 aliphatic heterocycles. The Balaban J connectivity index is 0.976. The molecule has 2 heterocycles. The average molecular weight is 927 g/mol. The van der Waals surface area contributed by atoms with Gasteiger partial charge in [-0.1, -0.05) is 30.4 Å². The fourth-order valence-electron chi connectivity index (χ4n) is 8.08. The van der Waals surface area contributed by atoms with Gasteiger partial charge in [-0.25, -0.2) is 14.4 Å². The maximum atomic E-state index is 13.3. The van der Waals surface area contributed by atoms with Crippen LogP contribution in [0.4, 0.5) is 5.69 Å². The molecule has 0 spiro atoms. The molecule has 16 heteroatoms. The second kappa shape index (κ2) is 19.3. The average Bonchev–Trinajstić information content (AvgIpc) is 3.32. The number of carbonyl (C=O) groups is 5. The number of hydrogen-bond acceptors (Lipinski definition) is 11. The van der Waals surface area contributed by atoms with E-state index in [2.05, 4.69) is 15.6 Å². The van der Waals surface area contributed by atoms with Crippen molar-refractivity contribution in [1.29, 1.82) is 0 Å². The summed E-state index contributed by atoms with van der Waals surface area (Å²) in [5.41, 5.74) is 2.91. The first-order chi connectivity index (χ1) is 33.1. The highest BCUT2D eigenvalue weighted by atomic mass is 16.4.